The number of hydrogen-bond acceptors (Lipinski definition) is 4. The molecule has 0 saturated carbocycles. The molecule has 1 heterocycles. The SMILES string of the molecule is C1=C[C@@H]2OCO[C@@H]([C@@H]2OCc2ccccc2)[C@H]1COCc1ccccc1. The van der Waals surface area contributed by atoms with E-state index in [4.69, 9.17) is 18.9 Å². The van der Waals surface area contributed by atoms with Crippen molar-refractivity contribution in [1.82, 2.24) is 0 Å². The highest BCUT2D eigenvalue weighted by molar-refractivity contribution is 5.15. The van der Waals surface area contributed by atoms with E-state index in [1.165, 1.54) is 5.56 Å². The van der Waals surface area contributed by atoms with E-state index in [-0.39, 0.29) is 24.2 Å². The van der Waals surface area contributed by atoms with Gasteiger partial charge < -0.3 is 18.9 Å². The van der Waals surface area contributed by atoms with Crippen molar-refractivity contribution in [3.05, 3.63) is 83.9 Å². The second-order valence-corrected chi connectivity index (χ2v) is 6.69. The largest absolute Gasteiger partial charge is 0.376 e. The molecule has 0 spiro atoms. The van der Waals surface area contributed by atoms with E-state index in [1.807, 2.05) is 36.4 Å². The first-order chi connectivity index (χ1) is 12.9. The van der Waals surface area contributed by atoms with Crippen LogP contribution in [-0.4, -0.2) is 31.7 Å². The zero-order valence-corrected chi connectivity index (χ0v) is 14.7. The van der Waals surface area contributed by atoms with E-state index in [1.54, 1.807) is 0 Å². The summed E-state index contributed by atoms with van der Waals surface area (Å²) in [7, 11) is 0. The highest BCUT2D eigenvalue weighted by atomic mass is 16.7. The smallest absolute Gasteiger partial charge is 0.148 e. The summed E-state index contributed by atoms with van der Waals surface area (Å²) in [6, 6.07) is 20.4. The van der Waals surface area contributed by atoms with Crippen LogP contribution in [0.5, 0.6) is 0 Å². The maximum atomic E-state index is 6.17. The lowest BCUT2D eigenvalue weighted by atomic mass is 9.88. The molecule has 0 aromatic heterocycles. The van der Waals surface area contributed by atoms with E-state index >= 15 is 0 Å². The van der Waals surface area contributed by atoms with Crippen molar-refractivity contribution in [2.24, 2.45) is 5.92 Å². The first-order valence-corrected chi connectivity index (χ1v) is 9.09. The third kappa shape index (κ3) is 4.22. The van der Waals surface area contributed by atoms with E-state index in [0.717, 1.165) is 5.56 Å². The van der Waals surface area contributed by atoms with Crippen LogP contribution in [-0.2, 0) is 32.2 Å². The highest BCUT2D eigenvalue weighted by Crippen LogP contribution is 2.31. The molecule has 136 valence electrons. The fraction of sp³-hybridized carbons (Fsp3) is 0.364. The molecule has 2 bridgehead atoms. The fourth-order valence-electron chi connectivity index (χ4n) is 3.46. The molecule has 4 heteroatoms. The van der Waals surface area contributed by atoms with Crippen LogP contribution in [0.3, 0.4) is 0 Å². The molecule has 0 N–H and O–H groups in total. The van der Waals surface area contributed by atoms with E-state index in [0.29, 0.717) is 26.6 Å². The first-order valence-electron chi connectivity index (χ1n) is 9.09. The highest BCUT2D eigenvalue weighted by Gasteiger charge is 2.42. The summed E-state index contributed by atoms with van der Waals surface area (Å²) in [5, 5.41) is 0. The van der Waals surface area contributed by atoms with Crippen molar-refractivity contribution in [1.29, 1.82) is 0 Å². The predicted octanol–water partition coefficient (Wildman–Crippen LogP) is 3.72. The van der Waals surface area contributed by atoms with Gasteiger partial charge in [0, 0.05) is 5.92 Å². The van der Waals surface area contributed by atoms with Gasteiger partial charge in [0.15, 0.2) is 0 Å². The zero-order valence-electron chi connectivity index (χ0n) is 14.7. The Bertz CT molecular complexity index is 701. The molecular formula is C22H24O4. The minimum Gasteiger partial charge on any atom is -0.376 e. The summed E-state index contributed by atoms with van der Waals surface area (Å²) >= 11 is 0. The lowest BCUT2D eigenvalue weighted by Gasteiger charge is -2.42. The lowest BCUT2D eigenvalue weighted by molar-refractivity contribution is -0.250. The molecule has 4 rings (SSSR count). The van der Waals surface area contributed by atoms with Crippen molar-refractivity contribution in [2.75, 3.05) is 13.4 Å². The maximum absolute atomic E-state index is 6.17. The van der Waals surface area contributed by atoms with Gasteiger partial charge in [0.2, 0.25) is 0 Å². The summed E-state index contributed by atoms with van der Waals surface area (Å²) in [6.07, 6.45) is 4.02. The summed E-state index contributed by atoms with van der Waals surface area (Å²) in [5.74, 6) is 0.166. The first kappa shape index (κ1) is 17.4. The summed E-state index contributed by atoms with van der Waals surface area (Å²) < 4.78 is 23.7. The van der Waals surface area contributed by atoms with Crippen LogP contribution in [0.15, 0.2) is 72.8 Å². The van der Waals surface area contributed by atoms with Gasteiger partial charge in [-0.2, -0.15) is 0 Å². The maximum Gasteiger partial charge on any atom is 0.148 e. The molecular weight excluding hydrogens is 328 g/mol. The second-order valence-electron chi connectivity index (χ2n) is 6.69. The number of hydrogen-bond donors (Lipinski definition) is 0. The average Bonchev–Trinajstić information content (AvgIpc) is 2.69. The standard InChI is InChI=1S/C22H24O4/c1-3-7-17(8-4-1)13-23-15-19-11-12-20-22(21(19)26-16-25-20)24-14-18-9-5-2-6-10-18/h1-12,19-22H,13-16H2/t19-,20+,21-,22-/m1/s1. The zero-order chi connectivity index (χ0) is 17.6. The third-order valence-electron chi connectivity index (χ3n) is 4.85. The van der Waals surface area contributed by atoms with Crippen molar-refractivity contribution >= 4 is 0 Å². The van der Waals surface area contributed by atoms with Crippen LogP contribution in [0.25, 0.3) is 0 Å². The van der Waals surface area contributed by atoms with Gasteiger partial charge in [0.05, 0.1) is 25.9 Å². The van der Waals surface area contributed by atoms with Gasteiger partial charge in [-0.25, -0.2) is 0 Å². The second kappa shape index (κ2) is 8.60. The summed E-state index contributed by atoms with van der Waals surface area (Å²) in [6.45, 7) is 2.07. The topological polar surface area (TPSA) is 36.9 Å². The van der Waals surface area contributed by atoms with E-state index in [2.05, 4.69) is 36.4 Å². The Morgan fingerprint density at radius 3 is 2.23 bits per heavy atom. The average molecular weight is 352 g/mol. The Kier molecular flexibility index (Phi) is 5.77. The van der Waals surface area contributed by atoms with Crippen LogP contribution >= 0.6 is 0 Å². The Labute approximate surface area is 154 Å². The van der Waals surface area contributed by atoms with Crippen LogP contribution < -0.4 is 0 Å². The lowest BCUT2D eigenvalue weighted by Crippen LogP contribution is -2.53. The van der Waals surface area contributed by atoms with Crippen molar-refractivity contribution in [3.63, 3.8) is 0 Å². The molecule has 1 fully saturated rings. The van der Waals surface area contributed by atoms with Crippen molar-refractivity contribution in [2.45, 2.75) is 31.5 Å². The minimum atomic E-state index is -0.112. The van der Waals surface area contributed by atoms with E-state index in [9.17, 15) is 0 Å². The minimum absolute atomic E-state index is 0.0433. The Morgan fingerprint density at radius 2 is 1.50 bits per heavy atom. The Morgan fingerprint density at radius 1 is 0.808 bits per heavy atom. The molecule has 1 saturated heterocycles. The molecule has 1 aliphatic heterocycles. The summed E-state index contributed by atoms with van der Waals surface area (Å²) in [4.78, 5) is 0. The summed E-state index contributed by atoms with van der Waals surface area (Å²) in [5.41, 5.74) is 2.33. The van der Waals surface area contributed by atoms with Gasteiger partial charge in [-0.05, 0) is 11.1 Å². The van der Waals surface area contributed by atoms with Gasteiger partial charge in [0.25, 0.3) is 0 Å². The molecule has 4 atom stereocenters. The third-order valence-corrected chi connectivity index (χ3v) is 4.85. The molecule has 2 aromatic carbocycles. The number of fused-ring (bicyclic) bond motifs is 2. The number of rotatable bonds is 7. The van der Waals surface area contributed by atoms with E-state index < -0.39 is 0 Å². The van der Waals surface area contributed by atoms with Gasteiger partial charge >= 0.3 is 0 Å². The Balaban J connectivity index is 1.35. The number of benzene rings is 2. The number of ether oxygens (including phenoxy) is 4. The predicted molar refractivity (Wildman–Crippen MR) is 98.4 cm³/mol. The Hall–Kier alpha value is -1.98. The quantitative estimate of drug-likeness (QED) is 0.712. The fourth-order valence-corrected chi connectivity index (χ4v) is 3.46. The monoisotopic (exact) mass is 352 g/mol. The van der Waals surface area contributed by atoms with Gasteiger partial charge in [-0.3, -0.25) is 0 Å². The normalized spacial score (nSPS) is 27.4. The molecule has 0 amide bonds. The van der Waals surface area contributed by atoms with Crippen LogP contribution in [0.2, 0.25) is 0 Å². The van der Waals surface area contributed by atoms with Crippen LogP contribution in [0.1, 0.15) is 11.1 Å². The molecule has 0 radical (unpaired) electrons. The molecule has 0 unspecified atom stereocenters. The molecule has 1 aliphatic carbocycles. The van der Waals surface area contributed by atoms with Gasteiger partial charge in [-0.15, -0.1) is 0 Å². The van der Waals surface area contributed by atoms with Gasteiger partial charge in [0.1, 0.15) is 19.0 Å². The molecule has 26 heavy (non-hydrogen) atoms. The molecule has 2 aliphatic rings. The van der Waals surface area contributed by atoms with Crippen LogP contribution in [0.4, 0.5) is 0 Å². The van der Waals surface area contributed by atoms with Crippen LogP contribution in [0, 0.1) is 5.92 Å². The van der Waals surface area contributed by atoms with Gasteiger partial charge in [-0.1, -0.05) is 72.8 Å². The van der Waals surface area contributed by atoms with Crippen molar-refractivity contribution in [3.8, 4) is 0 Å². The molecule has 2 aromatic rings. The van der Waals surface area contributed by atoms with Crippen molar-refractivity contribution < 1.29 is 18.9 Å². The molecule has 4 nitrogen and oxygen atoms in total.